The van der Waals surface area contributed by atoms with Crippen molar-refractivity contribution in [2.24, 2.45) is 5.92 Å². The van der Waals surface area contributed by atoms with Gasteiger partial charge in [-0.2, -0.15) is 0 Å². The topological polar surface area (TPSA) is 30.5 Å². The van der Waals surface area contributed by atoms with Gasteiger partial charge in [-0.3, -0.25) is 0 Å². The second kappa shape index (κ2) is 6.45. The third-order valence-corrected chi connectivity index (χ3v) is 3.48. The minimum atomic E-state index is -4.67. The van der Waals surface area contributed by atoms with Crippen LogP contribution in [-0.4, -0.2) is 25.6 Å². The molecule has 3 nitrogen and oxygen atoms in total. The smallest absolute Gasteiger partial charge is 0.405 e. The van der Waals surface area contributed by atoms with Gasteiger partial charge in [0.05, 0.1) is 6.61 Å². The number of ether oxygens (including phenoxy) is 2. The van der Waals surface area contributed by atoms with Crippen LogP contribution in [0.1, 0.15) is 18.9 Å². The summed E-state index contributed by atoms with van der Waals surface area (Å²) in [6.45, 7) is 3.82. The number of nitrogens with one attached hydrogen (secondary N) is 1. The number of hydrogen-bond acceptors (Lipinski definition) is 3. The van der Waals surface area contributed by atoms with Crippen LogP contribution < -0.4 is 10.1 Å². The van der Waals surface area contributed by atoms with Crippen molar-refractivity contribution in [3.63, 3.8) is 0 Å². The average Bonchev–Trinajstić information content (AvgIpc) is 2.89. The standard InChI is InChI=1S/C14H18F3NO2/c1-10(12-6-7-19-9-12)18-8-11-4-2-3-5-13(11)20-14(15,16)17/h2-5,10,12,18H,6-9H2,1H3. The van der Waals surface area contributed by atoms with E-state index >= 15 is 0 Å². The second-order valence-electron chi connectivity index (χ2n) is 4.95. The van der Waals surface area contributed by atoms with E-state index in [0.29, 0.717) is 24.6 Å². The SMILES string of the molecule is CC(NCc1ccccc1OC(F)(F)F)C1CCOC1. The molecular weight excluding hydrogens is 271 g/mol. The van der Waals surface area contributed by atoms with Gasteiger partial charge in [0, 0.05) is 24.8 Å². The van der Waals surface area contributed by atoms with Crippen molar-refractivity contribution < 1.29 is 22.6 Å². The van der Waals surface area contributed by atoms with Crippen LogP contribution in [0.3, 0.4) is 0 Å². The Morgan fingerprint density at radius 3 is 2.80 bits per heavy atom. The highest BCUT2D eigenvalue weighted by atomic mass is 19.4. The summed E-state index contributed by atoms with van der Waals surface area (Å²) >= 11 is 0. The van der Waals surface area contributed by atoms with Crippen LogP contribution in [0.15, 0.2) is 24.3 Å². The summed E-state index contributed by atoms with van der Waals surface area (Å²) in [5, 5.41) is 3.24. The molecule has 1 aliphatic heterocycles. The lowest BCUT2D eigenvalue weighted by atomic mass is 10.0. The fourth-order valence-electron chi connectivity index (χ4n) is 2.26. The molecule has 1 aromatic rings. The first-order valence-corrected chi connectivity index (χ1v) is 6.60. The van der Waals surface area contributed by atoms with Gasteiger partial charge >= 0.3 is 6.36 Å². The molecule has 0 bridgehead atoms. The first-order valence-electron chi connectivity index (χ1n) is 6.60. The van der Waals surface area contributed by atoms with Crippen molar-refractivity contribution in [3.05, 3.63) is 29.8 Å². The average molecular weight is 289 g/mol. The van der Waals surface area contributed by atoms with Crippen LogP contribution in [0.25, 0.3) is 0 Å². The van der Waals surface area contributed by atoms with E-state index < -0.39 is 6.36 Å². The summed E-state index contributed by atoms with van der Waals surface area (Å²) in [5.74, 6) is 0.257. The lowest BCUT2D eigenvalue weighted by Crippen LogP contribution is -2.33. The van der Waals surface area contributed by atoms with Crippen molar-refractivity contribution in [3.8, 4) is 5.75 Å². The Kier molecular flexibility index (Phi) is 4.88. The Labute approximate surface area is 116 Å². The minimum absolute atomic E-state index is 0.151. The molecule has 1 N–H and O–H groups in total. The lowest BCUT2D eigenvalue weighted by molar-refractivity contribution is -0.274. The molecule has 20 heavy (non-hydrogen) atoms. The summed E-state index contributed by atoms with van der Waals surface area (Å²) in [6.07, 6.45) is -3.68. The summed E-state index contributed by atoms with van der Waals surface area (Å²) in [6, 6.07) is 6.37. The van der Waals surface area contributed by atoms with Crippen molar-refractivity contribution >= 4 is 0 Å². The predicted octanol–water partition coefficient (Wildman–Crippen LogP) is 3.10. The molecule has 1 aliphatic rings. The van der Waals surface area contributed by atoms with Crippen molar-refractivity contribution in [1.82, 2.24) is 5.32 Å². The molecule has 0 aromatic heterocycles. The number of alkyl halides is 3. The quantitative estimate of drug-likeness (QED) is 0.903. The Hall–Kier alpha value is -1.27. The molecule has 0 radical (unpaired) electrons. The van der Waals surface area contributed by atoms with Crippen LogP contribution in [0.5, 0.6) is 5.75 Å². The van der Waals surface area contributed by atoms with E-state index in [2.05, 4.69) is 10.1 Å². The number of benzene rings is 1. The van der Waals surface area contributed by atoms with Gasteiger partial charge in [-0.25, -0.2) is 0 Å². The van der Waals surface area contributed by atoms with Crippen molar-refractivity contribution in [2.75, 3.05) is 13.2 Å². The highest BCUT2D eigenvalue weighted by molar-refractivity contribution is 5.33. The van der Waals surface area contributed by atoms with Crippen molar-refractivity contribution in [2.45, 2.75) is 32.3 Å². The van der Waals surface area contributed by atoms with E-state index in [1.165, 1.54) is 12.1 Å². The molecule has 1 saturated heterocycles. The molecule has 2 rings (SSSR count). The van der Waals surface area contributed by atoms with Crippen LogP contribution in [0.2, 0.25) is 0 Å². The van der Waals surface area contributed by atoms with Gasteiger partial charge in [0.1, 0.15) is 5.75 Å². The third-order valence-electron chi connectivity index (χ3n) is 3.48. The van der Waals surface area contributed by atoms with Gasteiger partial charge < -0.3 is 14.8 Å². The van der Waals surface area contributed by atoms with E-state index in [4.69, 9.17) is 4.74 Å². The molecule has 1 fully saturated rings. The maximum absolute atomic E-state index is 12.3. The largest absolute Gasteiger partial charge is 0.573 e. The van der Waals surface area contributed by atoms with Crippen LogP contribution >= 0.6 is 0 Å². The fourth-order valence-corrected chi connectivity index (χ4v) is 2.26. The van der Waals surface area contributed by atoms with Crippen LogP contribution in [-0.2, 0) is 11.3 Å². The zero-order chi connectivity index (χ0) is 14.6. The first-order chi connectivity index (χ1) is 9.46. The van der Waals surface area contributed by atoms with Gasteiger partial charge in [0.2, 0.25) is 0 Å². The molecule has 0 amide bonds. The third kappa shape index (κ3) is 4.38. The molecule has 6 heteroatoms. The van der Waals surface area contributed by atoms with E-state index in [1.54, 1.807) is 12.1 Å². The number of halogens is 3. The number of para-hydroxylation sites is 1. The molecule has 2 unspecified atom stereocenters. The van der Waals surface area contributed by atoms with Gasteiger partial charge in [-0.05, 0) is 25.3 Å². The summed E-state index contributed by atoms with van der Waals surface area (Å²) < 4.78 is 46.3. The monoisotopic (exact) mass is 289 g/mol. The van der Waals surface area contributed by atoms with Gasteiger partial charge in [0.25, 0.3) is 0 Å². The minimum Gasteiger partial charge on any atom is -0.405 e. The number of hydrogen-bond donors (Lipinski definition) is 1. The molecule has 0 spiro atoms. The Bertz CT molecular complexity index is 431. The van der Waals surface area contributed by atoms with Gasteiger partial charge in [-0.15, -0.1) is 13.2 Å². The maximum atomic E-state index is 12.3. The Morgan fingerprint density at radius 1 is 1.40 bits per heavy atom. The fraction of sp³-hybridized carbons (Fsp3) is 0.571. The van der Waals surface area contributed by atoms with Crippen LogP contribution in [0, 0.1) is 5.92 Å². The van der Waals surface area contributed by atoms with E-state index in [1.807, 2.05) is 6.92 Å². The number of rotatable bonds is 5. The van der Waals surface area contributed by atoms with Crippen LogP contribution in [0.4, 0.5) is 13.2 Å². The lowest BCUT2D eigenvalue weighted by Gasteiger charge is -2.20. The highest BCUT2D eigenvalue weighted by Gasteiger charge is 2.32. The summed E-state index contributed by atoms with van der Waals surface area (Å²) in [7, 11) is 0. The second-order valence-corrected chi connectivity index (χ2v) is 4.95. The molecular formula is C14H18F3NO2. The molecule has 112 valence electrons. The zero-order valence-corrected chi connectivity index (χ0v) is 11.2. The normalized spacial score (nSPS) is 20.9. The molecule has 0 saturated carbocycles. The molecule has 1 aromatic carbocycles. The Balaban J connectivity index is 1.94. The molecule has 1 heterocycles. The maximum Gasteiger partial charge on any atom is 0.573 e. The summed E-state index contributed by atoms with van der Waals surface area (Å²) in [4.78, 5) is 0. The summed E-state index contributed by atoms with van der Waals surface area (Å²) in [5.41, 5.74) is 0.496. The molecule has 0 aliphatic carbocycles. The van der Waals surface area contributed by atoms with Gasteiger partial charge in [0.15, 0.2) is 0 Å². The zero-order valence-electron chi connectivity index (χ0n) is 11.2. The highest BCUT2D eigenvalue weighted by Crippen LogP contribution is 2.26. The van der Waals surface area contributed by atoms with E-state index in [9.17, 15) is 13.2 Å². The van der Waals surface area contributed by atoms with E-state index in [-0.39, 0.29) is 11.8 Å². The first kappa shape index (κ1) is 15.1. The molecule has 2 atom stereocenters. The van der Waals surface area contributed by atoms with Gasteiger partial charge in [-0.1, -0.05) is 18.2 Å². The van der Waals surface area contributed by atoms with Crippen molar-refractivity contribution in [1.29, 1.82) is 0 Å². The predicted molar refractivity (Wildman–Crippen MR) is 68.4 cm³/mol. The Morgan fingerprint density at radius 2 is 2.15 bits per heavy atom. The van der Waals surface area contributed by atoms with E-state index in [0.717, 1.165) is 13.0 Å².